The molecule has 134 valence electrons. The van der Waals surface area contributed by atoms with Gasteiger partial charge in [-0.1, -0.05) is 6.07 Å². The molecule has 0 radical (unpaired) electrons. The van der Waals surface area contributed by atoms with Crippen molar-refractivity contribution in [1.29, 1.82) is 5.26 Å². The lowest BCUT2D eigenvalue weighted by Gasteiger charge is -2.11. The molecule has 26 heavy (non-hydrogen) atoms. The van der Waals surface area contributed by atoms with E-state index in [1.807, 2.05) is 6.07 Å². The number of carbonyl (C=O) groups is 1. The molecule has 1 amide bonds. The van der Waals surface area contributed by atoms with Gasteiger partial charge in [-0.15, -0.1) is 0 Å². The van der Waals surface area contributed by atoms with Crippen LogP contribution in [0.1, 0.15) is 51.9 Å². The maximum atomic E-state index is 13.0. The number of aromatic nitrogens is 2. The van der Waals surface area contributed by atoms with E-state index >= 15 is 0 Å². The Labute approximate surface area is 147 Å². The molecular weight excluding hydrogens is 345 g/mol. The second-order valence-electron chi connectivity index (χ2n) is 6.06. The lowest BCUT2D eigenvalue weighted by molar-refractivity contribution is -0.141. The third-order valence-electron chi connectivity index (χ3n) is 3.97. The van der Waals surface area contributed by atoms with Gasteiger partial charge < -0.3 is 5.32 Å². The normalized spacial score (nSPS) is 13.9. The minimum atomic E-state index is -4.53. The number of nitriles is 1. The van der Waals surface area contributed by atoms with E-state index in [9.17, 15) is 18.0 Å². The Bertz CT molecular complexity index is 869. The predicted molar refractivity (Wildman–Crippen MR) is 86.2 cm³/mol. The summed E-state index contributed by atoms with van der Waals surface area (Å²) in [5.74, 6) is -0.273. The van der Waals surface area contributed by atoms with Crippen LogP contribution in [0.3, 0.4) is 0 Å². The van der Waals surface area contributed by atoms with Crippen LogP contribution in [0.15, 0.2) is 30.3 Å². The third-order valence-corrected chi connectivity index (χ3v) is 3.97. The molecule has 1 saturated carbocycles. The summed E-state index contributed by atoms with van der Waals surface area (Å²) < 4.78 is 39.0. The molecule has 1 heterocycles. The molecule has 0 unspecified atom stereocenters. The number of amides is 1. The smallest absolute Gasteiger partial charge is 0.352 e. The topological polar surface area (TPSA) is 78.7 Å². The molecule has 1 fully saturated rings. The molecule has 1 aromatic heterocycles. The Morgan fingerprint density at radius 3 is 2.69 bits per heavy atom. The Kier molecular flexibility index (Phi) is 4.89. The summed E-state index contributed by atoms with van der Waals surface area (Å²) in [4.78, 5) is 19.9. The fourth-order valence-corrected chi connectivity index (χ4v) is 2.48. The first-order valence-corrected chi connectivity index (χ1v) is 8.10. The molecule has 8 heteroatoms. The summed E-state index contributed by atoms with van der Waals surface area (Å²) in [5.41, 5.74) is 0.133. The zero-order valence-electron chi connectivity index (χ0n) is 13.7. The summed E-state index contributed by atoms with van der Waals surface area (Å²) in [5, 5.41) is 11.5. The lowest BCUT2D eigenvalue weighted by Crippen LogP contribution is -2.26. The molecule has 1 aromatic carbocycles. The number of carbonyl (C=O) groups excluding carboxylic acids is 1. The van der Waals surface area contributed by atoms with Crippen molar-refractivity contribution in [2.75, 3.05) is 6.54 Å². The quantitative estimate of drug-likeness (QED) is 0.888. The average Bonchev–Trinajstić information content (AvgIpc) is 3.46. The molecule has 5 nitrogen and oxygen atoms in total. The second kappa shape index (κ2) is 7.12. The van der Waals surface area contributed by atoms with Gasteiger partial charge in [0, 0.05) is 30.1 Å². The molecule has 0 saturated heterocycles. The van der Waals surface area contributed by atoms with Crippen molar-refractivity contribution in [2.24, 2.45) is 0 Å². The van der Waals surface area contributed by atoms with Crippen LogP contribution in [0.2, 0.25) is 0 Å². The maximum absolute atomic E-state index is 13.0. The lowest BCUT2D eigenvalue weighted by atomic mass is 10.1. The minimum Gasteiger partial charge on any atom is -0.352 e. The van der Waals surface area contributed by atoms with Crippen molar-refractivity contribution < 1.29 is 18.0 Å². The summed E-state index contributed by atoms with van der Waals surface area (Å²) in [6.45, 7) is 0.0982. The number of alkyl halides is 3. The van der Waals surface area contributed by atoms with E-state index in [2.05, 4.69) is 15.3 Å². The van der Waals surface area contributed by atoms with E-state index in [1.54, 1.807) is 18.2 Å². The Hall–Kier alpha value is -2.95. The van der Waals surface area contributed by atoms with E-state index < -0.39 is 17.8 Å². The summed E-state index contributed by atoms with van der Waals surface area (Å²) in [7, 11) is 0. The van der Waals surface area contributed by atoms with Gasteiger partial charge in [-0.05, 0) is 37.1 Å². The van der Waals surface area contributed by atoms with Gasteiger partial charge in [-0.25, -0.2) is 9.97 Å². The largest absolute Gasteiger partial charge is 0.433 e. The van der Waals surface area contributed by atoms with Crippen molar-refractivity contribution in [3.05, 3.63) is 58.7 Å². The van der Waals surface area contributed by atoms with Gasteiger partial charge in [0.05, 0.1) is 11.6 Å². The van der Waals surface area contributed by atoms with E-state index in [0.29, 0.717) is 16.8 Å². The van der Waals surface area contributed by atoms with Crippen LogP contribution in [0.25, 0.3) is 0 Å². The first-order chi connectivity index (χ1) is 12.4. The second-order valence-corrected chi connectivity index (χ2v) is 6.06. The van der Waals surface area contributed by atoms with Crippen LogP contribution in [0.5, 0.6) is 0 Å². The van der Waals surface area contributed by atoms with Crippen LogP contribution in [-0.4, -0.2) is 22.4 Å². The average molecular weight is 360 g/mol. The van der Waals surface area contributed by atoms with Gasteiger partial charge in [0.1, 0.15) is 11.5 Å². The van der Waals surface area contributed by atoms with E-state index in [-0.39, 0.29) is 24.7 Å². The van der Waals surface area contributed by atoms with Crippen LogP contribution >= 0.6 is 0 Å². The van der Waals surface area contributed by atoms with E-state index in [1.165, 1.54) is 6.07 Å². The Morgan fingerprint density at radius 1 is 1.27 bits per heavy atom. The maximum Gasteiger partial charge on any atom is 0.433 e. The molecular formula is C18H15F3N4O. The zero-order valence-corrected chi connectivity index (χ0v) is 13.7. The fourth-order valence-electron chi connectivity index (χ4n) is 2.48. The van der Waals surface area contributed by atoms with Crippen LogP contribution in [0.4, 0.5) is 13.2 Å². The highest BCUT2D eigenvalue weighted by atomic mass is 19.4. The van der Waals surface area contributed by atoms with Crippen LogP contribution < -0.4 is 5.32 Å². The van der Waals surface area contributed by atoms with E-state index in [4.69, 9.17) is 5.26 Å². The van der Waals surface area contributed by atoms with Gasteiger partial charge >= 0.3 is 6.18 Å². The number of hydrogen-bond acceptors (Lipinski definition) is 4. The summed E-state index contributed by atoms with van der Waals surface area (Å²) in [6.07, 6.45) is -2.77. The third kappa shape index (κ3) is 4.36. The standard InChI is InChI=1S/C18H15F3N4O/c19-18(20,21)15-9-14(12-4-5-12)24-16(25-15)6-7-23-17(26)13-3-1-2-11(8-13)10-22/h1-3,8-9,12H,4-7H2,(H,23,26). The van der Waals surface area contributed by atoms with Crippen molar-refractivity contribution in [3.63, 3.8) is 0 Å². The highest BCUT2D eigenvalue weighted by Crippen LogP contribution is 2.40. The molecule has 0 bridgehead atoms. The number of hydrogen-bond donors (Lipinski definition) is 1. The zero-order chi connectivity index (χ0) is 18.7. The van der Waals surface area contributed by atoms with E-state index in [0.717, 1.165) is 18.9 Å². The molecule has 3 rings (SSSR count). The molecule has 0 aliphatic heterocycles. The van der Waals surface area contributed by atoms with Gasteiger partial charge in [-0.2, -0.15) is 18.4 Å². The Balaban J connectivity index is 1.66. The fraction of sp³-hybridized carbons (Fsp3) is 0.333. The predicted octanol–water partition coefficient (Wildman–Crippen LogP) is 3.22. The van der Waals surface area contributed by atoms with Crippen LogP contribution in [0, 0.1) is 11.3 Å². The van der Waals surface area contributed by atoms with Crippen molar-refractivity contribution >= 4 is 5.91 Å². The van der Waals surface area contributed by atoms with Gasteiger partial charge in [0.2, 0.25) is 0 Å². The first kappa shape index (κ1) is 17.9. The van der Waals surface area contributed by atoms with Crippen molar-refractivity contribution in [1.82, 2.24) is 15.3 Å². The van der Waals surface area contributed by atoms with Crippen molar-refractivity contribution in [2.45, 2.75) is 31.4 Å². The number of nitrogens with zero attached hydrogens (tertiary/aromatic N) is 3. The highest BCUT2D eigenvalue weighted by Gasteiger charge is 2.35. The minimum absolute atomic E-state index is 0.0628. The molecule has 1 N–H and O–H groups in total. The van der Waals surface area contributed by atoms with Gasteiger partial charge in [0.15, 0.2) is 0 Å². The summed E-state index contributed by atoms with van der Waals surface area (Å²) in [6, 6.07) is 9.12. The monoisotopic (exact) mass is 360 g/mol. The van der Waals surface area contributed by atoms with Gasteiger partial charge in [-0.3, -0.25) is 4.79 Å². The van der Waals surface area contributed by atoms with Gasteiger partial charge in [0.25, 0.3) is 5.91 Å². The van der Waals surface area contributed by atoms with Crippen molar-refractivity contribution in [3.8, 4) is 6.07 Å². The van der Waals surface area contributed by atoms with Crippen LogP contribution in [-0.2, 0) is 12.6 Å². The first-order valence-electron chi connectivity index (χ1n) is 8.10. The SMILES string of the molecule is N#Cc1cccc(C(=O)NCCc2nc(C3CC3)cc(C(F)(F)F)n2)c1. The number of rotatable bonds is 5. The number of halogens is 3. The number of nitrogens with one attached hydrogen (secondary N) is 1. The highest BCUT2D eigenvalue weighted by molar-refractivity contribution is 5.94. The molecule has 1 aliphatic rings. The molecule has 2 aromatic rings. The molecule has 1 aliphatic carbocycles. The Morgan fingerprint density at radius 2 is 2.04 bits per heavy atom. The number of benzene rings is 1. The molecule has 0 spiro atoms. The molecule has 0 atom stereocenters. The summed E-state index contributed by atoms with van der Waals surface area (Å²) >= 11 is 0.